The van der Waals surface area contributed by atoms with Crippen molar-refractivity contribution in [1.29, 1.82) is 0 Å². The van der Waals surface area contributed by atoms with Gasteiger partial charge in [0.2, 0.25) is 12.3 Å². The summed E-state index contributed by atoms with van der Waals surface area (Å²) >= 11 is 9.44. The second-order valence-electron chi connectivity index (χ2n) is 7.02. The number of carbonyl (C=O) groups is 2. The molecule has 0 unspecified atom stereocenters. The van der Waals surface area contributed by atoms with Crippen LogP contribution in [0.4, 0.5) is 4.39 Å². The maximum absolute atomic E-state index is 13.2. The molecule has 0 spiro atoms. The summed E-state index contributed by atoms with van der Waals surface area (Å²) < 4.78 is 15.8. The van der Waals surface area contributed by atoms with E-state index in [0.29, 0.717) is 5.02 Å². The predicted molar refractivity (Wildman–Crippen MR) is 120 cm³/mol. The normalized spacial score (nSPS) is 19.3. The molecular weight excluding hydrogens is 485 g/mol. The zero-order valence-electron chi connectivity index (χ0n) is 16.1. The maximum Gasteiger partial charge on any atom is 0.304 e. The molecule has 1 saturated heterocycles. The molecule has 0 aliphatic carbocycles. The van der Waals surface area contributed by atoms with Gasteiger partial charge < -0.3 is 5.32 Å². The van der Waals surface area contributed by atoms with Gasteiger partial charge in [-0.3, -0.25) is 9.59 Å². The fourth-order valence-corrected chi connectivity index (χ4v) is 3.77. The molecule has 3 aromatic carbocycles. The van der Waals surface area contributed by atoms with E-state index in [1.165, 1.54) is 24.3 Å². The summed E-state index contributed by atoms with van der Waals surface area (Å²) in [5.74, 6) is -1.27. The number of rotatable bonds is 4. The van der Waals surface area contributed by atoms with E-state index < -0.39 is 23.8 Å². The minimum absolute atomic E-state index is 0.263. The number of benzene rings is 3. The molecule has 0 radical (unpaired) electrons. The summed E-state index contributed by atoms with van der Waals surface area (Å²) in [5, 5.41) is 3.34. The number of hydrogen-bond donors (Lipinski definition) is 2. The maximum atomic E-state index is 13.2. The Labute approximate surface area is 191 Å². The fraction of sp³-hybridized carbons (Fsp3) is 0.0870. The molecule has 1 fully saturated rings. The molecule has 31 heavy (non-hydrogen) atoms. The zero-order valence-corrected chi connectivity index (χ0v) is 18.4. The van der Waals surface area contributed by atoms with Gasteiger partial charge in [0.25, 0.3) is 5.91 Å². The van der Waals surface area contributed by atoms with E-state index in [9.17, 15) is 14.0 Å². The van der Waals surface area contributed by atoms with Crippen LogP contribution in [0, 0.1) is 5.82 Å². The Bertz CT molecular complexity index is 1150. The van der Waals surface area contributed by atoms with E-state index in [1.807, 2.05) is 36.4 Å². The van der Waals surface area contributed by atoms with E-state index in [-0.39, 0.29) is 11.5 Å². The Morgan fingerprint density at radius 3 is 2.32 bits per heavy atom. The van der Waals surface area contributed by atoms with Crippen molar-refractivity contribution in [2.45, 2.75) is 12.1 Å². The molecule has 1 aliphatic rings. The van der Waals surface area contributed by atoms with Crippen LogP contribution in [0.2, 0.25) is 5.02 Å². The minimum Gasteiger partial charge on any atom is -0.334 e. The minimum atomic E-state index is -0.870. The molecule has 0 bridgehead atoms. The lowest BCUT2D eigenvalue weighted by molar-refractivity contribution is -0.596. The Morgan fingerprint density at radius 1 is 1.03 bits per heavy atom. The number of carbonyl (C=O) groups excluding carboxylic acids is 2. The van der Waals surface area contributed by atoms with Crippen LogP contribution in [0.15, 0.2) is 77.3 Å². The van der Waals surface area contributed by atoms with E-state index in [4.69, 9.17) is 11.6 Å². The van der Waals surface area contributed by atoms with Gasteiger partial charge in [-0.1, -0.05) is 39.7 Å². The summed E-state index contributed by atoms with van der Waals surface area (Å²) in [7, 11) is 0. The van der Waals surface area contributed by atoms with Crippen molar-refractivity contribution in [1.82, 2.24) is 10.7 Å². The lowest BCUT2D eigenvalue weighted by Crippen LogP contribution is -2.42. The molecule has 156 valence electrons. The van der Waals surface area contributed by atoms with Crippen molar-refractivity contribution in [3.63, 3.8) is 0 Å². The molecule has 2 amide bonds. The van der Waals surface area contributed by atoms with Crippen molar-refractivity contribution in [2.24, 2.45) is 0 Å². The standard InChI is InChI=1S/C23H16BrClFN3O2/c24-17-7-1-14(2-8-17)13-29-21(15-3-9-18(25)10-4-15)20(23(31)28-29)27-22(30)16-5-11-19(26)12-6-16/h1-13,20-21H,(H-,27,28,30,31)/p+1/b29-13-/t20-,21-/m0/s1. The van der Waals surface area contributed by atoms with Crippen molar-refractivity contribution in [2.75, 3.05) is 0 Å². The molecule has 1 aliphatic heterocycles. The second kappa shape index (κ2) is 8.99. The highest BCUT2D eigenvalue weighted by Gasteiger charge is 2.47. The van der Waals surface area contributed by atoms with E-state index in [2.05, 4.69) is 26.7 Å². The molecule has 0 aromatic heterocycles. The average Bonchev–Trinajstić information content (AvgIpc) is 3.05. The Kier molecular flexibility index (Phi) is 6.15. The van der Waals surface area contributed by atoms with Crippen LogP contribution >= 0.6 is 27.5 Å². The highest BCUT2D eigenvalue weighted by Crippen LogP contribution is 2.27. The molecule has 8 heteroatoms. The van der Waals surface area contributed by atoms with Crippen LogP contribution in [0.1, 0.15) is 27.5 Å². The lowest BCUT2D eigenvalue weighted by Gasteiger charge is -2.15. The third kappa shape index (κ3) is 4.84. The highest BCUT2D eigenvalue weighted by atomic mass is 79.9. The Hall–Kier alpha value is -3.03. The van der Waals surface area contributed by atoms with Crippen LogP contribution < -0.4 is 10.7 Å². The van der Waals surface area contributed by atoms with Crippen molar-refractivity contribution < 1.29 is 18.7 Å². The van der Waals surface area contributed by atoms with Gasteiger partial charge >= 0.3 is 5.91 Å². The van der Waals surface area contributed by atoms with Crippen molar-refractivity contribution in [3.05, 3.63) is 105 Å². The van der Waals surface area contributed by atoms with Gasteiger partial charge in [0.1, 0.15) is 5.82 Å². The van der Waals surface area contributed by atoms with Crippen LogP contribution in [0.3, 0.4) is 0 Å². The number of halogens is 3. The average molecular weight is 502 g/mol. The molecule has 1 heterocycles. The molecular formula is C23H17BrClFN3O2+. The molecule has 2 N–H and O–H groups in total. The highest BCUT2D eigenvalue weighted by molar-refractivity contribution is 9.10. The Balaban J connectivity index is 1.69. The van der Waals surface area contributed by atoms with E-state index in [0.717, 1.165) is 15.6 Å². The second-order valence-corrected chi connectivity index (χ2v) is 8.37. The van der Waals surface area contributed by atoms with Gasteiger partial charge in [0, 0.05) is 26.2 Å². The van der Waals surface area contributed by atoms with Gasteiger partial charge in [-0.05, 0) is 60.7 Å². The van der Waals surface area contributed by atoms with E-state index >= 15 is 0 Å². The van der Waals surface area contributed by atoms with Gasteiger partial charge in [0.05, 0.1) is 0 Å². The number of hydrazine groups is 1. The summed E-state index contributed by atoms with van der Waals surface area (Å²) in [5.41, 5.74) is 4.74. The van der Waals surface area contributed by atoms with Gasteiger partial charge in [-0.2, -0.15) is 0 Å². The quantitative estimate of drug-likeness (QED) is 0.525. The summed E-state index contributed by atoms with van der Waals surface area (Å²) in [6, 6.07) is 18.5. The zero-order chi connectivity index (χ0) is 22.0. The smallest absolute Gasteiger partial charge is 0.304 e. The van der Waals surface area contributed by atoms with Crippen LogP contribution in [0.25, 0.3) is 0 Å². The van der Waals surface area contributed by atoms with Crippen LogP contribution in [0.5, 0.6) is 0 Å². The molecule has 0 saturated carbocycles. The first-order chi connectivity index (χ1) is 14.9. The number of amides is 2. The van der Waals surface area contributed by atoms with Gasteiger partial charge in [-0.15, -0.1) is 10.1 Å². The summed E-state index contributed by atoms with van der Waals surface area (Å²) in [6.45, 7) is 0. The summed E-state index contributed by atoms with van der Waals surface area (Å²) in [6.07, 6.45) is 1.80. The molecule has 3 aromatic rings. The predicted octanol–water partition coefficient (Wildman–Crippen LogP) is 4.26. The summed E-state index contributed by atoms with van der Waals surface area (Å²) in [4.78, 5) is 25.5. The number of nitrogens with one attached hydrogen (secondary N) is 2. The third-order valence-corrected chi connectivity index (χ3v) is 5.68. The number of hydrogen-bond acceptors (Lipinski definition) is 2. The third-order valence-electron chi connectivity index (χ3n) is 4.90. The van der Waals surface area contributed by atoms with Crippen molar-refractivity contribution in [3.8, 4) is 0 Å². The first-order valence-electron chi connectivity index (χ1n) is 9.42. The van der Waals surface area contributed by atoms with Crippen LogP contribution in [-0.4, -0.2) is 28.8 Å². The Morgan fingerprint density at radius 2 is 1.68 bits per heavy atom. The fourth-order valence-electron chi connectivity index (χ4n) is 3.38. The van der Waals surface area contributed by atoms with Crippen LogP contribution in [-0.2, 0) is 4.79 Å². The molecule has 4 rings (SSSR count). The number of nitrogens with zero attached hydrogens (tertiary/aromatic N) is 1. The monoisotopic (exact) mass is 500 g/mol. The molecule has 5 nitrogen and oxygen atoms in total. The SMILES string of the molecule is O=C(N[C@@H]1C(=O)N/[N+](=C\c2ccc(Br)cc2)[C@H]1c1ccc(Cl)cc1)c1ccc(F)cc1. The number of hydrazone groups is 1. The van der Waals surface area contributed by atoms with E-state index in [1.54, 1.807) is 23.0 Å². The largest absolute Gasteiger partial charge is 0.334 e. The first-order valence-corrected chi connectivity index (χ1v) is 10.6. The van der Waals surface area contributed by atoms with Gasteiger partial charge in [-0.25, -0.2) is 4.39 Å². The first kappa shape index (κ1) is 21.2. The molecule has 2 atom stereocenters. The van der Waals surface area contributed by atoms with Gasteiger partial charge in [0.15, 0.2) is 6.04 Å². The lowest BCUT2D eigenvalue weighted by atomic mass is 10.00. The van der Waals surface area contributed by atoms with Crippen molar-refractivity contribution >= 4 is 45.6 Å². The topological polar surface area (TPSA) is 61.2 Å².